The Bertz CT molecular complexity index is 1260. The lowest BCUT2D eigenvalue weighted by molar-refractivity contribution is -0.138. The first-order chi connectivity index (χ1) is 19.4. The standard InChI is InChI=1S/C31H37F4N3O3/c1-19-14-24(16-25(15-19)31(33,34)35)20(2)36(3)30(40)38-11-8-23-17-37(29(39)22-9-12-41-13-10-22)18-27(23)28(38)21-4-6-26(32)7-5-21/h4-7,14-16,20,22-23,27-28H,8-13,17-18H2,1-3H3/t20?,23?,27-,28?/m1/s1. The molecule has 0 bridgehead atoms. The molecule has 0 N–H and O–H groups in total. The Morgan fingerprint density at radius 1 is 1.02 bits per heavy atom. The molecule has 3 heterocycles. The van der Waals surface area contributed by atoms with Gasteiger partial charge in [0.05, 0.1) is 17.6 Å². The molecule has 3 amide bonds. The number of likely N-dealkylation sites (tertiary alicyclic amines) is 2. The quantitative estimate of drug-likeness (QED) is 0.407. The molecule has 222 valence electrons. The maximum atomic E-state index is 14.0. The summed E-state index contributed by atoms with van der Waals surface area (Å²) >= 11 is 0. The molecule has 3 saturated heterocycles. The summed E-state index contributed by atoms with van der Waals surface area (Å²) in [5, 5.41) is 0. The summed E-state index contributed by atoms with van der Waals surface area (Å²) < 4.78 is 59.9. The van der Waals surface area contributed by atoms with E-state index in [1.807, 2.05) is 4.90 Å². The first-order valence-electron chi connectivity index (χ1n) is 14.3. The highest BCUT2D eigenvalue weighted by atomic mass is 19.4. The number of hydrogen-bond donors (Lipinski definition) is 0. The van der Waals surface area contributed by atoms with E-state index in [0.717, 1.165) is 17.7 Å². The highest BCUT2D eigenvalue weighted by Gasteiger charge is 2.48. The fraction of sp³-hybridized carbons (Fsp3) is 0.548. The van der Waals surface area contributed by atoms with E-state index in [9.17, 15) is 27.2 Å². The van der Waals surface area contributed by atoms with Crippen LogP contribution in [0.15, 0.2) is 42.5 Å². The van der Waals surface area contributed by atoms with Crippen LogP contribution in [-0.4, -0.2) is 66.5 Å². The van der Waals surface area contributed by atoms with Crippen molar-refractivity contribution in [3.05, 3.63) is 70.5 Å². The van der Waals surface area contributed by atoms with Crippen LogP contribution in [-0.2, 0) is 15.7 Å². The molecule has 0 spiro atoms. The first-order valence-corrected chi connectivity index (χ1v) is 14.3. The predicted octanol–water partition coefficient (Wildman–Crippen LogP) is 6.21. The topological polar surface area (TPSA) is 53.1 Å². The van der Waals surface area contributed by atoms with Crippen molar-refractivity contribution in [1.82, 2.24) is 14.7 Å². The van der Waals surface area contributed by atoms with Gasteiger partial charge in [-0.25, -0.2) is 9.18 Å². The minimum atomic E-state index is -4.49. The minimum absolute atomic E-state index is 0.0403. The number of fused-ring (bicyclic) bond motifs is 1. The Hall–Kier alpha value is -3.14. The summed E-state index contributed by atoms with van der Waals surface area (Å²) in [5.41, 5.74) is 0.902. The zero-order chi connectivity index (χ0) is 29.5. The van der Waals surface area contributed by atoms with Crippen molar-refractivity contribution in [2.45, 2.75) is 51.4 Å². The highest BCUT2D eigenvalue weighted by Crippen LogP contribution is 2.45. The summed E-state index contributed by atoms with van der Waals surface area (Å²) in [7, 11) is 1.60. The fourth-order valence-corrected chi connectivity index (χ4v) is 6.73. The number of benzene rings is 2. The Morgan fingerprint density at radius 2 is 1.71 bits per heavy atom. The van der Waals surface area contributed by atoms with Gasteiger partial charge in [-0.05, 0) is 74.4 Å². The van der Waals surface area contributed by atoms with Crippen molar-refractivity contribution < 1.29 is 31.9 Å². The zero-order valence-corrected chi connectivity index (χ0v) is 23.7. The van der Waals surface area contributed by atoms with E-state index in [-0.39, 0.29) is 35.5 Å². The van der Waals surface area contributed by atoms with E-state index in [0.29, 0.717) is 63.2 Å². The number of piperidine rings is 1. The molecular formula is C31H37F4N3O3. The monoisotopic (exact) mass is 575 g/mol. The summed E-state index contributed by atoms with van der Waals surface area (Å²) in [6.45, 7) is 6.03. The molecule has 2 aromatic carbocycles. The average molecular weight is 576 g/mol. The molecule has 3 aliphatic heterocycles. The molecule has 6 nitrogen and oxygen atoms in total. The number of alkyl halides is 3. The summed E-state index contributed by atoms with van der Waals surface area (Å²) in [4.78, 5) is 32.6. The number of carbonyl (C=O) groups excluding carboxylic acids is 2. The van der Waals surface area contributed by atoms with Gasteiger partial charge in [-0.2, -0.15) is 13.2 Å². The van der Waals surface area contributed by atoms with Gasteiger partial charge in [0.25, 0.3) is 0 Å². The number of aryl methyl sites for hydroxylation is 1. The van der Waals surface area contributed by atoms with Crippen LogP contribution in [0.25, 0.3) is 0 Å². The van der Waals surface area contributed by atoms with Crippen LogP contribution in [0.4, 0.5) is 22.4 Å². The van der Waals surface area contributed by atoms with Crippen molar-refractivity contribution in [1.29, 1.82) is 0 Å². The van der Waals surface area contributed by atoms with E-state index in [4.69, 9.17) is 4.74 Å². The number of halogens is 4. The SMILES string of the molecule is Cc1cc(C(C)N(C)C(=O)N2CCC3CN(C(=O)C4CCOCC4)C[C@H]3C2c2ccc(F)cc2)cc(C(F)(F)F)c1. The number of hydrogen-bond acceptors (Lipinski definition) is 3. The van der Waals surface area contributed by atoms with E-state index in [2.05, 4.69) is 0 Å². The largest absolute Gasteiger partial charge is 0.416 e. The summed E-state index contributed by atoms with van der Waals surface area (Å²) in [5.74, 6) is -0.168. The second kappa shape index (κ2) is 11.6. The van der Waals surface area contributed by atoms with Gasteiger partial charge in [-0.1, -0.05) is 23.8 Å². The number of rotatable bonds is 4. The zero-order valence-electron chi connectivity index (χ0n) is 23.7. The molecule has 10 heteroatoms. The van der Waals surface area contributed by atoms with Gasteiger partial charge in [-0.15, -0.1) is 0 Å². The van der Waals surface area contributed by atoms with Gasteiger partial charge in [0.1, 0.15) is 5.82 Å². The lowest BCUT2D eigenvalue weighted by Gasteiger charge is -2.45. The Morgan fingerprint density at radius 3 is 2.37 bits per heavy atom. The van der Waals surface area contributed by atoms with Gasteiger partial charge < -0.3 is 19.4 Å². The number of nitrogens with zero attached hydrogens (tertiary/aromatic N) is 3. The van der Waals surface area contributed by atoms with Gasteiger partial charge in [0.2, 0.25) is 5.91 Å². The molecule has 3 unspecified atom stereocenters. The predicted molar refractivity (Wildman–Crippen MR) is 145 cm³/mol. The minimum Gasteiger partial charge on any atom is -0.381 e. The fourth-order valence-electron chi connectivity index (χ4n) is 6.73. The maximum absolute atomic E-state index is 14.0. The van der Waals surface area contributed by atoms with Crippen LogP contribution >= 0.6 is 0 Å². The maximum Gasteiger partial charge on any atom is 0.416 e. The van der Waals surface area contributed by atoms with Crippen LogP contribution < -0.4 is 0 Å². The van der Waals surface area contributed by atoms with Crippen molar-refractivity contribution in [3.63, 3.8) is 0 Å². The summed E-state index contributed by atoms with van der Waals surface area (Å²) in [6.07, 6.45) is -2.38. The molecule has 0 aliphatic carbocycles. The van der Waals surface area contributed by atoms with Gasteiger partial charge in [-0.3, -0.25) is 4.79 Å². The Labute approximate surface area is 238 Å². The molecule has 3 fully saturated rings. The van der Waals surface area contributed by atoms with Crippen molar-refractivity contribution in [3.8, 4) is 0 Å². The van der Waals surface area contributed by atoms with E-state index >= 15 is 0 Å². The highest BCUT2D eigenvalue weighted by molar-refractivity contribution is 5.79. The summed E-state index contributed by atoms with van der Waals surface area (Å²) in [6, 6.07) is 8.66. The van der Waals surface area contributed by atoms with Crippen LogP contribution in [0, 0.1) is 30.5 Å². The second-order valence-corrected chi connectivity index (χ2v) is 11.7. The normalized spacial score (nSPS) is 24.2. The number of urea groups is 1. The third-order valence-corrected chi connectivity index (χ3v) is 9.11. The first kappa shape index (κ1) is 29.4. The Kier molecular flexibility index (Phi) is 8.32. The van der Waals surface area contributed by atoms with E-state index < -0.39 is 23.8 Å². The molecular weight excluding hydrogens is 538 g/mol. The second-order valence-electron chi connectivity index (χ2n) is 11.7. The lowest BCUT2D eigenvalue weighted by atomic mass is 9.79. The third-order valence-electron chi connectivity index (χ3n) is 9.11. The molecule has 2 aromatic rings. The number of ether oxygens (including phenoxy) is 1. The Balaban J connectivity index is 1.41. The molecule has 0 saturated carbocycles. The van der Waals surface area contributed by atoms with Crippen LogP contribution in [0.2, 0.25) is 0 Å². The smallest absolute Gasteiger partial charge is 0.381 e. The molecule has 5 rings (SSSR count). The third kappa shape index (κ3) is 6.08. The van der Waals surface area contributed by atoms with Crippen LogP contribution in [0.1, 0.15) is 60.5 Å². The van der Waals surface area contributed by atoms with Crippen molar-refractivity contribution in [2.75, 3.05) is 39.9 Å². The molecule has 0 radical (unpaired) electrons. The number of amides is 3. The molecule has 3 aliphatic rings. The lowest BCUT2D eigenvalue weighted by Crippen LogP contribution is -2.50. The molecule has 0 aromatic heterocycles. The molecule has 4 atom stereocenters. The van der Waals surface area contributed by atoms with Crippen LogP contribution in [0.5, 0.6) is 0 Å². The van der Waals surface area contributed by atoms with Crippen molar-refractivity contribution in [2.24, 2.45) is 17.8 Å². The van der Waals surface area contributed by atoms with Crippen LogP contribution in [0.3, 0.4) is 0 Å². The van der Waals surface area contributed by atoms with Gasteiger partial charge in [0.15, 0.2) is 0 Å². The van der Waals surface area contributed by atoms with Gasteiger partial charge >= 0.3 is 12.2 Å². The van der Waals surface area contributed by atoms with Crippen molar-refractivity contribution >= 4 is 11.9 Å². The average Bonchev–Trinajstić information content (AvgIpc) is 3.40. The van der Waals surface area contributed by atoms with E-state index in [1.165, 1.54) is 17.0 Å². The molecule has 41 heavy (non-hydrogen) atoms. The van der Waals surface area contributed by atoms with E-state index in [1.54, 1.807) is 44.0 Å². The number of carbonyl (C=O) groups is 2. The van der Waals surface area contributed by atoms with Gasteiger partial charge in [0, 0.05) is 51.7 Å².